The van der Waals surface area contributed by atoms with E-state index in [1.165, 1.54) is 38.5 Å². The summed E-state index contributed by atoms with van der Waals surface area (Å²) in [5.74, 6) is 0.956. The maximum atomic E-state index is 6.20. The summed E-state index contributed by atoms with van der Waals surface area (Å²) in [6.45, 7) is 3.11. The lowest BCUT2D eigenvalue weighted by molar-refractivity contribution is 0.277. The van der Waals surface area contributed by atoms with E-state index < -0.39 is 0 Å². The third-order valence-electron chi connectivity index (χ3n) is 4.16. The second kappa shape index (κ2) is 7.52. The molecule has 1 aliphatic rings. The molecule has 1 aliphatic carbocycles. The average molecular weight is 300 g/mol. The Morgan fingerprint density at radius 2 is 1.89 bits per heavy atom. The molecule has 0 bridgehead atoms. The summed E-state index contributed by atoms with van der Waals surface area (Å²) in [7, 11) is 0. The van der Waals surface area contributed by atoms with E-state index >= 15 is 0 Å². The molecule has 0 amide bonds. The summed E-state index contributed by atoms with van der Waals surface area (Å²) in [6.07, 6.45) is 8.04. The van der Waals surface area contributed by atoms with E-state index in [1.54, 1.807) is 0 Å². The minimum absolute atomic E-state index is 0.642. The van der Waals surface area contributed by atoms with Crippen LogP contribution in [-0.2, 0) is 6.54 Å². The van der Waals surface area contributed by atoms with E-state index in [0.29, 0.717) is 16.1 Å². The van der Waals surface area contributed by atoms with Gasteiger partial charge in [0.1, 0.15) is 0 Å². The van der Waals surface area contributed by atoms with Crippen LogP contribution in [0.1, 0.15) is 51.0 Å². The quantitative estimate of drug-likeness (QED) is 0.763. The second-order valence-corrected chi connectivity index (χ2v) is 6.39. The molecule has 1 N–H and O–H groups in total. The van der Waals surface area contributed by atoms with Crippen molar-refractivity contribution in [1.82, 2.24) is 5.32 Å². The van der Waals surface area contributed by atoms with Crippen LogP contribution in [0.4, 0.5) is 0 Å². The zero-order valence-corrected chi connectivity index (χ0v) is 13.1. The van der Waals surface area contributed by atoms with Gasteiger partial charge in [-0.25, -0.2) is 0 Å². The first-order valence-electron chi connectivity index (χ1n) is 7.37. The van der Waals surface area contributed by atoms with Crippen molar-refractivity contribution >= 4 is 23.2 Å². The van der Waals surface area contributed by atoms with Gasteiger partial charge in [-0.2, -0.15) is 0 Å². The molecule has 0 saturated heterocycles. The molecule has 0 radical (unpaired) electrons. The molecule has 1 fully saturated rings. The Hall–Kier alpha value is -0.240. The zero-order valence-electron chi connectivity index (χ0n) is 11.6. The fourth-order valence-electron chi connectivity index (χ4n) is 3.00. The van der Waals surface area contributed by atoms with Crippen molar-refractivity contribution in [2.45, 2.75) is 58.0 Å². The molecular formula is C16H23Cl2N. The molecule has 0 atom stereocenters. The minimum atomic E-state index is 0.642. The van der Waals surface area contributed by atoms with Crippen LogP contribution >= 0.6 is 23.2 Å². The van der Waals surface area contributed by atoms with E-state index in [-0.39, 0.29) is 0 Å². The van der Waals surface area contributed by atoms with E-state index in [1.807, 2.05) is 18.2 Å². The van der Waals surface area contributed by atoms with Crippen LogP contribution in [0.2, 0.25) is 10.0 Å². The smallest absolute Gasteiger partial charge is 0.0637 e. The molecule has 0 spiro atoms. The Morgan fingerprint density at radius 3 is 2.58 bits per heavy atom. The maximum absolute atomic E-state index is 6.20. The summed E-state index contributed by atoms with van der Waals surface area (Å²) >= 11 is 12.2. The van der Waals surface area contributed by atoms with Crippen molar-refractivity contribution in [2.24, 2.45) is 5.92 Å². The van der Waals surface area contributed by atoms with E-state index in [9.17, 15) is 0 Å². The molecule has 0 aliphatic heterocycles. The van der Waals surface area contributed by atoms with Crippen molar-refractivity contribution in [3.63, 3.8) is 0 Å². The normalized spacial score (nSPS) is 23.5. The molecule has 0 heterocycles. The van der Waals surface area contributed by atoms with E-state index in [4.69, 9.17) is 23.2 Å². The van der Waals surface area contributed by atoms with Crippen molar-refractivity contribution in [1.29, 1.82) is 0 Å². The summed E-state index contributed by atoms with van der Waals surface area (Å²) in [5.41, 5.74) is 1.10. The van der Waals surface area contributed by atoms with Crippen LogP contribution in [0, 0.1) is 5.92 Å². The lowest BCUT2D eigenvalue weighted by Crippen LogP contribution is -2.32. The van der Waals surface area contributed by atoms with Crippen LogP contribution < -0.4 is 5.32 Å². The van der Waals surface area contributed by atoms with Gasteiger partial charge < -0.3 is 5.32 Å². The maximum Gasteiger partial charge on any atom is 0.0637 e. The molecule has 19 heavy (non-hydrogen) atoms. The molecule has 1 nitrogen and oxygen atoms in total. The van der Waals surface area contributed by atoms with Gasteiger partial charge in [0.05, 0.1) is 10.0 Å². The van der Waals surface area contributed by atoms with E-state index in [0.717, 1.165) is 18.0 Å². The molecule has 106 valence electrons. The largest absolute Gasteiger partial charge is 0.310 e. The molecule has 1 aromatic carbocycles. The van der Waals surface area contributed by atoms with Crippen molar-refractivity contribution in [2.75, 3.05) is 0 Å². The SMILES string of the molecule is CCCC1CCC(NCc2cccc(Cl)c2Cl)CC1. The first-order valence-corrected chi connectivity index (χ1v) is 8.12. The van der Waals surface area contributed by atoms with Gasteiger partial charge in [-0.05, 0) is 43.2 Å². The van der Waals surface area contributed by atoms with Gasteiger partial charge in [-0.15, -0.1) is 0 Å². The van der Waals surface area contributed by atoms with Crippen LogP contribution in [0.25, 0.3) is 0 Å². The highest BCUT2D eigenvalue weighted by atomic mass is 35.5. The molecule has 2 rings (SSSR count). The van der Waals surface area contributed by atoms with Crippen LogP contribution in [0.3, 0.4) is 0 Å². The summed E-state index contributed by atoms with van der Waals surface area (Å²) in [6, 6.07) is 6.49. The number of benzene rings is 1. The lowest BCUT2D eigenvalue weighted by Gasteiger charge is -2.29. The van der Waals surface area contributed by atoms with E-state index in [2.05, 4.69) is 12.2 Å². The topological polar surface area (TPSA) is 12.0 Å². The predicted octanol–water partition coefficient (Wildman–Crippen LogP) is 5.44. The Balaban J connectivity index is 1.79. The molecular weight excluding hydrogens is 277 g/mol. The second-order valence-electron chi connectivity index (χ2n) is 5.60. The first-order chi connectivity index (χ1) is 9.20. The van der Waals surface area contributed by atoms with Gasteiger partial charge in [-0.1, -0.05) is 55.1 Å². The van der Waals surface area contributed by atoms with Gasteiger partial charge in [0.15, 0.2) is 0 Å². The van der Waals surface area contributed by atoms with Crippen molar-refractivity contribution in [3.8, 4) is 0 Å². The third kappa shape index (κ3) is 4.37. The summed E-state index contributed by atoms with van der Waals surface area (Å²) in [5, 5.41) is 4.96. The highest BCUT2D eigenvalue weighted by Gasteiger charge is 2.20. The highest BCUT2D eigenvalue weighted by molar-refractivity contribution is 6.42. The number of hydrogen-bond acceptors (Lipinski definition) is 1. The Morgan fingerprint density at radius 1 is 1.16 bits per heavy atom. The third-order valence-corrected chi connectivity index (χ3v) is 5.01. The van der Waals surface area contributed by atoms with Crippen molar-refractivity contribution in [3.05, 3.63) is 33.8 Å². The Labute approximate surface area is 126 Å². The Kier molecular flexibility index (Phi) is 6.00. The summed E-state index contributed by atoms with van der Waals surface area (Å²) in [4.78, 5) is 0. The van der Waals surface area contributed by atoms with Gasteiger partial charge in [0.2, 0.25) is 0 Å². The monoisotopic (exact) mass is 299 g/mol. The van der Waals surface area contributed by atoms with Gasteiger partial charge in [0, 0.05) is 12.6 Å². The minimum Gasteiger partial charge on any atom is -0.310 e. The fraction of sp³-hybridized carbons (Fsp3) is 0.625. The fourth-order valence-corrected chi connectivity index (χ4v) is 3.39. The average Bonchev–Trinajstić information content (AvgIpc) is 2.42. The molecule has 3 heteroatoms. The predicted molar refractivity (Wildman–Crippen MR) is 84.0 cm³/mol. The molecule has 1 saturated carbocycles. The number of rotatable bonds is 5. The first kappa shape index (κ1) is 15.2. The van der Waals surface area contributed by atoms with Crippen LogP contribution in [0.15, 0.2) is 18.2 Å². The molecule has 0 unspecified atom stereocenters. The zero-order chi connectivity index (χ0) is 13.7. The number of halogens is 2. The lowest BCUT2D eigenvalue weighted by atomic mass is 9.83. The van der Waals surface area contributed by atoms with Crippen LogP contribution in [-0.4, -0.2) is 6.04 Å². The molecule has 0 aromatic heterocycles. The highest BCUT2D eigenvalue weighted by Crippen LogP contribution is 2.29. The van der Waals surface area contributed by atoms with Crippen LogP contribution in [0.5, 0.6) is 0 Å². The van der Waals surface area contributed by atoms with Gasteiger partial charge in [0.25, 0.3) is 0 Å². The van der Waals surface area contributed by atoms with Gasteiger partial charge in [-0.3, -0.25) is 0 Å². The summed E-state index contributed by atoms with van der Waals surface area (Å²) < 4.78 is 0. The standard InChI is InChI=1S/C16H23Cl2N/c1-2-4-12-7-9-14(10-8-12)19-11-13-5-3-6-15(17)16(13)18/h3,5-6,12,14,19H,2,4,7-11H2,1H3. The number of nitrogens with one attached hydrogen (secondary N) is 1. The molecule has 1 aromatic rings. The Bertz CT molecular complexity index is 398. The number of hydrogen-bond donors (Lipinski definition) is 1. The van der Waals surface area contributed by atoms with Crippen molar-refractivity contribution < 1.29 is 0 Å². The van der Waals surface area contributed by atoms with Gasteiger partial charge >= 0.3 is 0 Å².